The molecule has 0 bridgehead atoms. The number of aromatic nitrogens is 2. The molecule has 0 fully saturated rings. The first-order chi connectivity index (χ1) is 9.24. The van der Waals surface area contributed by atoms with E-state index in [1.807, 2.05) is 26.0 Å². The summed E-state index contributed by atoms with van der Waals surface area (Å²) < 4.78 is 5.80. The van der Waals surface area contributed by atoms with Gasteiger partial charge in [-0.1, -0.05) is 19.1 Å². The molecule has 0 saturated carbocycles. The zero-order valence-electron chi connectivity index (χ0n) is 11.6. The lowest BCUT2D eigenvalue weighted by molar-refractivity contribution is 0.457. The number of nitrogens with one attached hydrogen (secondary N) is 1. The molecule has 0 radical (unpaired) electrons. The molecule has 19 heavy (non-hydrogen) atoms. The van der Waals surface area contributed by atoms with Crippen molar-refractivity contribution >= 4 is 5.82 Å². The van der Waals surface area contributed by atoms with Crippen LogP contribution in [0.2, 0.25) is 0 Å². The van der Waals surface area contributed by atoms with Crippen molar-refractivity contribution in [2.24, 2.45) is 0 Å². The van der Waals surface area contributed by atoms with Crippen molar-refractivity contribution in [1.29, 1.82) is 0 Å². The van der Waals surface area contributed by atoms with E-state index in [1.165, 1.54) is 11.9 Å². The molecule has 4 nitrogen and oxygen atoms in total. The quantitative estimate of drug-likeness (QED) is 0.889. The van der Waals surface area contributed by atoms with E-state index in [-0.39, 0.29) is 0 Å². The number of anilines is 1. The SMILES string of the molecule is CCNc1ncnc(Oc2ccc(CC)cc2)c1C. The van der Waals surface area contributed by atoms with Crippen LogP contribution in [0.3, 0.4) is 0 Å². The first kappa shape index (κ1) is 13.3. The Kier molecular flexibility index (Phi) is 4.34. The summed E-state index contributed by atoms with van der Waals surface area (Å²) in [6.45, 7) is 6.94. The minimum atomic E-state index is 0.593. The molecule has 0 aliphatic heterocycles. The Morgan fingerprint density at radius 2 is 1.84 bits per heavy atom. The van der Waals surface area contributed by atoms with Crippen molar-refractivity contribution in [2.75, 3.05) is 11.9 Å². The number of rotatable bonds is 5. The van der Waals surface area contributed by atoms with Gasteiger partial charge in [0.05, 0.1) is 5.56 Å². The molecule has 0 saturated heterocycles. The minimum Gasteiger partial charge on any atom is -0.439 e. The summed E-state index contributed by atoms with van der Waals surface area (Å²) in [5.41, 5.74) is 2.21. The Labute approximate surface area is 113 Å². The number of hydrogen-bond donors (Lipinski definition) is 1. The van der Waals surface area contributed by atoms with Crippen molar-refractivity contribution in [1.82, 2.24) is 9.97 Å². The smallest absolute Gasteiger partial charge is 0.227 e. The minimum absolute atomic E-state index is 0.593. The summed E-state index contributed by atoms with van der Waals surface area (Å²) in [4.78, 5) is 8.38. The molecule has 1 aromatic carbocycles. The van der Waals surface area contributed by atoms with E-state index in [2.05, 4.69) is 34.3 Å². The molecular formula is C15H19N3O. The lowest BCUT2D eigenvalue weighted by atomic mass is 10.2. The second-order valence-corrected chi connectivity index (χ2v) is 4.28. The van der Waals surface area contributed by atoms with Gasteiger partial charge in [0.2, 0.25) is 5.88 Å². The molecule has 1 aromatic heterocycles. The lowest BCUT2D eigenvalue weighted by Gasteiger charge is -2.11. The average molecular weight is 257 g/mol. The van der Waals surface area contributed by atoms with Crippen LogP contribution in [0.25, 0.3) is 0 Å². The van der Waals surface area contributed by atoms with Crippen molar-refractivity contribution in [3.05, 3.63) is 41.7 Å². The van der Waals surface area contributed by atoms with Gasteiger partial charge in [-0.3, -0.25) is 0 Å². The van der Waals surface area contributed by atoms with Gasteiger partial charge in [-0.05, 0) is 38.0 Å². The summed E-state index contributed by atoms with van der Waals surface area (Å²) in [5, 5.41) is 3.19. The molecule has 0 atom stereocenters. The summed E-state index contributed by atoms with van der Waals surface area (Å²) in [5.74, 6) is 2.20. The zero-order valence-corrected chi connectivity index (χ0v) is 11.6. The predicted octanol–water partition coefficient (Wildman–Crippen LogP) is 3.57. The molecule has 2 aromatic rings. The molecule has 0 aliphatic carbocycles. The summed E-state index contributed by atoms with van der Waals surface area (Å²) >= 11 is 0. The Balaban J connectivity index is 2.20. The van der Waals surface area contributed by atoms with Gasteiger partial charge in [0, 0.05) is 6.54 Å². The fourth-order valence-corrected chi connectivity index (χ4v) is 1.79. The van der Waals surface area contributed by atoms with Crippen LogP contribution in [-0.2, 0) is 6.42 Å². The van der Waals surface area contributed by atoms with Crippen LogP contribution < -0.4 is 10.1 Å². The third-order valence-electron chi connectivity index (χ3n) is 2.93. The van der Waals surface area contributed by atoms with E-state index < -0.39 is 0 Å². The Bertz CT molecular complexity index is 538. The lowest BCUT2D eigenvalue weighted by Crippen LogP contribution is -2.03. The van der Waals surface area contributed by atoms with Gasteiger partial charge < -0.3 is 10.1 Å². The molecule has 4 heteroatoms. The fourth-order valence-electron chi connectivity index (χ4n) is 1.79. The van der Waals surface area contributed by atoms with Crippen LogP contribution in [0.4, 0.5) is 5.82 Å². The molecule has 0 unspecified atom stereocenters. The van der Waals surface area contributed by atoms with E-state index in [1.54, 1.807) is 0 Å². The van der Waals surface area contributed by atoms with Crippen molar-refractivity contribution in [2.45, 2.75) is 27.2 Å². The molecule has 2 rings (SSSR count). The van der Waals surface area contributed by atoms with Gasteiger partial charge in [0.25, 0.3) is 0 Å². The number of aryl methyl sites for hydroxylation is 1. The average Bonchev–Trinajstić information content (AvgIpc) is 2.44. The molecule has 0 aliphatic rings. The number of benzene rings is 1. The first-order valence-electron chi connectivity index (χ1n) is 6.56. The Hall–Kier alpha value is -2.10. The summed E-state index contributed by atoms with van der Waals surface area (Å²) in [7, 11) is 0. The van der Waals surface area contributed by atoms with Crippen molar-refractivity contribution in [3.8, 4) is 11.6 Å². The second kappa shape index (κ2) is 6.18. The topological polar surface area (TPSA) is 47.0 Å². The highest BCUT2D eigenvalue weighted by molar-refractivity contribution is 5.48. The normalized spacial score (nSPS) is 10.3. The second-order valence-electron chi connectivity index (χ2n) is 4.28. The van der Waals surface area contributed by atoms with Gasteiger partial charge in [-0.25, -0.2) is 9.97 Å². The largest absolute Gasteiger partial charge is 0.439 e. The van der Waals surface area contributed by atoms with Gasteiger partial charge in [-0.2, -0.15) is 0 Å². The van der Waals surface area contributed by atoms with Gasteiger partial charge >= 0.3 is 0 Å². The summed E-state index contributed by atoms with van der Waals surface area (Å²) in [6, 6.07) is 8.06. The molecule has 1 heterocycles. The molecule has 100 valence electrons. The maximum atomic E-state index is 5.80. The highest BCUT2D eigenvalue weighted by Crippen LogP contribution is 2.26. The highest BCUT2D eigenvalue weighted by atomic mass is 16.5. The summed E-state index contributed by atoms with van der Waals surface area (Å²) in [6.07, 6.45) is 2.54. The van der Waals surface area contributed by atoms with E-state index in [9.17, 15) is 0 Å². The molecule has 0 spiro atoms. The highest BCUT2D eigenvalue weighted by Gasteiger charge is 2.08. The standard InChI is InChI=1S/C15H19N3O/c1-4-12-6-8-13(9-7-12)19-15-11(3)14(16-5-2)17-10-18-15/h6-10H,4-5H2,1-3H3,(H,16,17,18). The number of hydrogen-bond acceptors (Lipinski definition) is 4. The van der Waals surface area contributed by atoms with Gasteiger partial charge in [0.1, 0.15) is 17.9 Å². The number of nitrogens with zero attached hydrogens (tertiary/aromatic N) is 2. The van der Waals surface area contributed by atoms with Crippen LogP contribution in [-0.4, -0.2) is 16.5 Å². The fraction of sp³-hybridized carbons (Fsp3) is 0.333. The first-order valence-corrected chi connectivity index (χ1v) is 6.56. The zero-order chi connectivity index (χ0) is 13.7. The van der Waals surface area contributed by atoms with Crippen LogP contribution >= 0.6 is 0 Å². The Morgan fingerprint density at radius 3 is 2.47 bits per heavy atom. The molecular weight excluding hydrogens is 238 g/mol. The van der Waals surface area contributed by atoms with Gasteiger partial charge in [0.15, 0.2) is 0 Å². The third-order valence-corrected chi connectivity index (χ3v) is 2.93. The van der Waals surface area contributed by atoms with Gasteiger partial charge in [-0.15, -0.1) is 0 Å². The van der Waals surface area contributed by atoms with E-state index in [0.717, 1.165) is 30.1 Å². The van der Waals surface area contributed by atoms with Crippen LogP contribution in [0.15, 0.2) is 30.6 Å². The maximum Gasteiger partial charge on any atom is 0.227 e. The van der Waals surface area contributed by atoms with Crippen LogP contribution in [0.1, 0.15) is 25.0 Å². The van der Waals surface area contributed by atoms with E-state index in [0.29, 0.717) is 5.88 Å². The van der Waals surface area contributed by atoms with Crippen LogP contribution in [0.5, 0.6) is 11.6 Å². The predicted molar refractivity (Wildman–Crippen MR) is 76.8 cm³/mol. The van der Waals surface area contributed by atoms with E-state index in [4.69, 9.17) is 4.74 Å². The van der Waals surface area contributed by atoms with Crippen LogP contribution in [0, 0.1) is 6.92 Å². The monoisotopic (exact) mass is 257 g/mol. The number of ether oxygens (including phenoxy) is 1. The Morgan fingerprint density at radius 1 is 1.11 bits per heavy atom. The maximum absolute atomic E-state index is 5.80. The molecule has 1 N–H and O–H groups in total. The van der Waals surface area contributed by atoms with Crippen molar-refractivity contribution < 1.29 is 4.74 Å². The third kappa shape index (κ3) is 3.22. The molecule has 0 amide bonds. The van der Waals surface area contributed by atoms with E-state index >= 15 is 0 Å². The van der Waals surface area contributed by atoms with Crippen molar-refractivity contribution in [3.63, 3.8) is 0 Å².